The van der Waals surface area contributed by atoms with Gasteiger partial charge in [-0.3, -0.25) is 0 Å². The Bertz CT molecular complexity index is 518. The quantitative estimate of drug-likeness (QED) is 0.507. The fraction of sp³-hybridized carbons (Fsp3) is 0.133. The third-order valence-electron chi connectivity index (χ3n) is 2.71. The first-order valence-electron chi connectivity index (χ1n) is 5.81. The fourth-order valence-corrected chi connectivity index (χ4v) is 1.61. The molecule has 0 aliphatic carbocycles. The van der Waals surface area contributed by atoms with E-state index in [0.29, 0.717) is 6.61 Å². The van der Waals surface area contributed by atoms with Crippen molar-refractivity contribution in [3.8, 4) is 5.75 Å². The van der Waals surface area contributed by atoms with Crippen molar-refractivity contribution < 1.29 is 4.74 Å². The lowest BCUT2D eigenvalue weighted by atomic mass is 10.1. The van der Waals surface area contributed by atoms with Crippen LogP contribution in [0.2, 0.25) is 0 Å². The molecule has 0 atom stereocenters. The summed E-state index contributed by atoms with van der Waals surface area (Å²) in [5, 5.41) is 3.66. The highest BCUT2D eigenvalue weighted by Crippen LogP contribution is 2.14. The Morgan fingerprint density at radius 1 is 1.06 bits per heavy atom. The second kappa shape index (κ2) is 5.87. The van der Waals surface area contributed by atoms with Crippen molar-refractivity contribution in [2.24, 2.45) is 10.9 Å². The Labute approximate surface area is 107 Å². The third-order valence-corrected chi connectivity index (χ3v) is 2.71. The molecule has 2 aromatic carbocycles. The summed E-state index contributed by atoms with van der Waals surface area (Å²) in [5.41, 5.74) is 2.97. The third kappa shape index (κ3) is 3.10. The molecule has 0 saturated heterocycles. The van der Waals surface area contributed by atoms with E-state index < -0.39 is 0 Å². The lowest BCUT2D eigenvalue weighted by Gasteiger charge is -2.07. The van der Waals surface area contributed by atoms with Gasteiger partial charge in [0.25, 0.3) is 0 Å². The summed E-state index contributed by atoms with van der Waals surface area (Å²) in [6.45, 7) is 2.45. The van der Waals surface area contributed by atoms with Crippen LogP contribution in [0.5, 0.6) is 5.75 Å². The standard InChI is InChI=1S/C15H16N2O/c1-12(17-16)14-7-9-15(10-8-14)18-11-13-5-3-2-4-6-13/h2-10H,11,16H2,1H3/b17-12-. The summed E-state index contributed by atoms with van der Waals surface area (Å²) in [6, 6.07) is 17.8. The molecule has 92 valence electrons. The number of hydrogen-bond acceptors (Lipinski definition) is 3. The highest BCUT2D eigenvalue weighted by Gasteiger charge is 1.99. The molecule has 0 saturated carbocycles. The first kappa shape index (κ1) is 12.2. The van der Waals surface area contributed by atoms with Crippen molar-refractivity contribution in [3.63, 3.8) is 0 Å². The predicted molar refractivity (Wildman–Crippen MR) is 73.6 cm³/mol. The van der Waals surface area contributed by atoms with Crippen LogP contribution in [0.1, 0.15) is 18.1 Å². The van der Waals surface area contributed by atoms with Crippen LogP contribution in [0.15, 0.2) is 59.7 Å². The minimum absolute atomic E-state index is 0.574. The second-order valence-corrected chi connectivity index (χ2v) is 4.01. The zero-order valence-electron chi connectivity index (χ0n) is 10.3. The van der Waals surface area contributed by atoms with E-state index in [0.717, 1.165) is 22.6 Å². The van der Waals surface area contributed by atoms with Gasteiger partial charge in [-0.2, -0.15) is 5.10 Å². The summed E-state index contributed by atoms with van der Waals surface area (Å²) >= 11 is 0. The van der Waals surface area contributed by atoms with Gasteiger partial charge in [-0.15, -0.1) is 0 Å². The maximum absolute atomic E-state index is 5.69. The zero-order chi connectivity index (χ0) is 12.8. The van der Waals surface area contributed by atoms with Gasteiger partial charge in [0, 0.05) is 0 Å². The van der Waals surface area contributed by atoms with E-state index in [1.54, 1.807) is 0 Å². The first-order chi connectivity index (χ1) is 8.79. The molecule has 2 rings (SSSR count). The minimum Gasteiger partial charge on any atom is -0.489 e. The van der Waals surface area contributed by atoms with Crippen LogP contribution in [-0.4, -0.2) is 5.71 Å². The van der Waals surface area contributed by atoms with Crippen LogP contribution in [0.25, 0.3) is 0 Å². The molecule has 18 heavy (non-hydrogen) atoms. The van der Waals surface area contributed by atoms with Gasteiger partial charge in [0.15, 0.2) is 0 Å². The van der Waals surface area contributed by atoms with E-state index in [1.807, 2.05) is 61.5 Å². The van der Waals surface area contributed by atoms with Gasteiger partial charge in [0.05, 0.1) is 5.71 Å². The zero-order valence-corrected chi connectivity index (χ0v) is 10.3. The number of ether oxygens (including phenoxy) is 1. The molecule has 0 radical (unpaired) electrons. The lowest BCUT2D eigenvalue weighted by Crippen LogP contribution is -1.99. The second-order valence-electron chi connectivity index (χ2n) is 4.01. The van der Waals surface area contributed by atoms with E-state index in [1.165, 1.54) is 0 Å². The van der Waals surface area contributed by atoms with Gasteiger partial charge in [0.1, 0.15) is 12.4 Å². The van der Waals surface area contributed by atoms with E-state index in [9.17, 15) is 0 Å². The molecule has 0 spiro atoms. The highest BCUT2D eigenvalue weighted by molar-refractivity contribution is 5.98. The van der Waals surface area contributed by atoms with E-state index >= 15 is 0 Å². The molecular formula is C15H16N2O. The lowest BCUT2D eigenvalue weighted by molar-refractivity contribution is 0.306. The van der Waals surface area contributed by atoms with Crippen LogP contribution in [-0.2, 0) is 6.61 Å². The monoisotopic (exact) mass is 240 g/mol. The summed E-state index contributed by atoms with van der Waals surface area (Å²) in [6.07, 6.45) is 0. The summed E-state index contributed by atoms with van der Waals surface area (Å²) in [4.78, 5) is 0. The largest absolute Gasteiger partial charge is 0.489 e. The van der Waals surface area contributed by atoms with E-state index in [-0.39, 0.29) is 0 Å². The SMILES string of the molecule is C/C(=N/N)c1ccc(OCc2ccccc2)cc1. The van der Waals surface area contributed by atoms with Crippen molar-refractivity contribution >= 4 is 5.71 Å². The van der Waals surface area contributed by atoms with Gasteiger partial charge >= 0.3 is 0 Å². The van der Waals surface area contributed by atoms with Crippen LogP contribution in [0.4, 0.5) is 0 Å². The molecule has 0 heterocycles. The highest BCUT2D eigenvalue weighted by atomic mass is 16.5. The van der Waals surface area contributed by atoms with E-state index in [2.05, 4.69) is 5.10 Å². The van der Waals surface area contributed by atoms with Gasteiger partial charge in [-0.25, -0.2) is 0 Å². The Balaban J connectivity index is 1.99. The number of benzene rings is 2. The van der Waals surface area contributed by atoms with Gasteiger partial charge < -0.3 is 10.6 Å². The van der Waals surface area contributed by atoms with Crippen LogP contribution in [0, 0.1) is 0 Å². The number of hydrazone groups is 1. The average molecular weight is 240 g/mol. The van der Waals surface area contributed by atoms with Crippen molar-refractivity contribution in [1.29, 1.82) is 0 Å². The average Bonchev–Trinajstić information content (AvgIpc) is 2.46. The molecule has 0 fully saturated rings. The Hall–Kier alpha value is -2.29. The molecule has 0 aliphatic rings. The Morgan fingerprint density at radius 3 is 2.33 bits per heavy atom. The van der Waals surface area contributed by atoms with Crippen molar-refractivity contribution in [3.05, 3.63) is 65.7 Å². The summed E-state index contributed by atoms with van der Waals surface area (Å²) < 4.78 is 5.69. The van der Waals surface area contributed by atoms with Crippen molar-refractivity contribution in [2.75, 3.05) is 0 Å². The number of nitrogens with zero attached hydrogens (tertiary/aromatic N) is 1. The van der Waals surface area contributed by atoms with Gasteiger partial charge in [-0.1, -0.05) is 30.3 Å². The van der Waals surface area contributed by atoms with Crippen LogP contribution < -0.4 is 10.6 Å². The molecule has 3 heteroatoms. The molecule has 0 aliphatic heterocycles. The number of hydrogen-bond donors (Lipinski definition) is 1. The predicted octanol–water partition coefficient (Wildman–Crippen LogP) is 2.95. The van der Waals surface area contributed by atoms with Gasteiger partial charge in [0.2, 0.25) is 0 Å². The molecule has 0 bridgehead atoms. The van der Waals surface area contributed by atoms with Crippen LogP contribution >= 0.6 is 0 Å². The maximum atomic E-state index is 5.69. The molecule has 3 nitrogen and oxygen atoms in total. The topological polar surface area (TPSA) is 47.6 Å². The van der Waals surface area contributed by atoms with Crippen LogP contribution in [0.3, 0.4) is 0 Å². The molecule has 2 N–H and O–H groups in total. The fourth-order valence-electron chi connectivity index (χ4n) is 1.61. The molecule has 0 amide bonds. The smallest absolute Gasteiger partial charge is 0.119 e. The van der Waals surface area contributed by atoms with Gasteiger partial charge in [-0.05, 0) is 42.3 Å². The first-order valence-corrected chi connectivity index (χ1v) is 5.81. The minimum atomic E-state index is 0.574. The van der Waals surface area contributed by atoms with Crippen molar-refractivity contribution in [1.82, 2.24) is 0 Å². The molecule has 0 unspecified atom stereocenters. The maximum Gasteiger partial charge on any atom is 0.119 e. The summed E-state index contributed by atoms with van der Waals surface area (Å²) in [7, 11) is 0. The van der Waals surface area contributed by atoms with E-state index in [4.69, 9.17) is 10.6 Å². The normalized spacial score (nSPS) is 11.3. The Morgan fingerprint density at radius 2 is 1.72 bits per heavy atom. The number of rotatable bonds is 4. The molecular weight excluding hydrogens is 224 g/mol. The number of nitrogens with two attached hydrogens (primary N) is 1. The molecule has 0 aromatic heterocycles. The Kier molecular flexibility index (Phi) is 3.97. The van der Waals surface area contributed by atoms with Crippen molar-refractivity contribution in [2.45, 2.75) is 13.5 Å². The molecule has 2 aromatic rings. The summed E-state index contributed by atoms with van der Waals surface area (Å²) in [5.74, 6) is 6.07.